The molecule has 3 unspecified atom stereocenters. The Morgan fingerprint density at radius 3 is 2.00 bits per heavy atom. The fraction of sp³-hybridized carbons (Fsp3) is 0.512. The fourth-order valence-electron chi connectivity index (χ4n) is 6.14. The van der Waals surface area contributed by atoms with E-state index in [9.17, 15) is 29.4 Å². The average molecular weight is 719 g/mol. The molecular formula is C41H58N4O7. The van der Waals surface area contributed by atoms with Gasteiger partial charge in [-0.05, 0) is 52.5 Å². The summed E-state index contributed by atoms with van der Waals surface area (Å²) < 4.78 is 5.47. The van der Waals surface area contributed by atoms with Gasteiger partial charge in [-0.1, -0.05) is 121 Å². The van der Waals surface area contributed by atoms with Crippen molar-refractivity contribution >= 4 is 34.6 Å². The molecule has 0 aliphatic heterocycles. The van der Waals surface area contributed by atoms with Gasteiger partial charge in [-0.3, -0.25) is 14.4 Å². The van der Waals surface area contributed by atoms with Gasteiger partial charge in [0.1, 0.15) is 18.7 Å². The lowest BCUT2D eigenvalue weighted by atomic mass is 9.95. The number of rotatable bonds is 20. The van der Waals surface area contributed by atoms with E-state index in [1.54, 1.807) is 0 Å². The Kier molecular flexibility index (Phi) is 17.1. The van der Waals surface area contributed by atoms with E-state index < -0.39 is 54.1 Å². The summed E-state index contributed by atoms with van der Waals surface area (Å²) in [5.41, 5.74) is 1.63. The van der Waals surface area contributed by atoms with Crippen LogP contribution in [0.3, 0.4) is 0 Å². The quantitative estimate of drug-likeness (QED) is 0.0956. The summed E-state index contributed by atoms with van der Waals surface area (Å²) in [5.74, 6) is -1.37. The van der Waals surface area contributed by atoms with Crippen molar-refractivity contribution in [3.63, 3.8) is 0 Å². The molecule has 0 bridgehead atoms. The van der Waals surface area contributed by atoms with E-state index >= 15 is 0 Å². The third-order valence-electron chi connectivity index (χ3n) is 9.25. The molecule has 0 fully saturated rings. The van der Waals surface area contributed by atoms with Crippen molar-refractivity contribution in [3.05, 3.63) is 83.9 Å². The number of amides is 4. The molecule has 3 rings (SSSR count). The lowest BCUT2D eigenvalue weighted by Gasteiger charge is -2.30. The number of carbonyl (C=O) groups excluding carboxylic acids is 4. The van der Waals surface area contributed by atoms with Crippen LogP contribution in [0.2, 0.25) is 0 Å². The average Bonchev–Trinajstić information content (AvgIpc) is 3.11. The van der Waals surface area contributed by atoms with Crippen LogP contribution in [-0.2, 0) is 32.1 Å². The molecule has 3 aromatic carbocycles. The second kappa shape index (κ2) is 21.1. The molecule has 3 aromatic rings. The van der Waals surface area contributed by atoms with Crippen LogP contribution in [0.25, 0.3) is 10.8 Å². The molecule has 0 aromatic heterocycles. The van der Waals surface area contributed by atoms with Gasteiger partial charge in [-0.25, -0.2) is 4.79 Å². The van der Waals surface area contributed by atoms with E-state index in [0.717, 1.165) is 28.3 Å². The SMILES string of the molecule is CCC(C)[C@@H](CO)NC(=O)CC(O)C(CC(C)C)NC(=O)[C@H](CC(C)C)NC(=O)[C@H](Cc1cccc2ccccc12)NC(=O)OCc1ccccc1. The first-order valence-corrected chi connectivity index (χ1v) is 18.4. The zero-order chi connectivity index (χ0) is 38.2. The largest absolute Gasteiger partial charge is 0.445 e. The molecule has 52 heavy (non-hydrogen) atoms. The first-order chi connectivity index (χ1) is 24.8. The third-order valence-corrected chi connectivity index (χ3v) is 9.25. The third kappa shape index (κ3) is 13.6. The Hall–Kier alpha value is -4.48. The Morgan fingerprint density at radius 1 is 0.712 bits per heavy atom. The zero-order valence-electron chi connectivity index (χ0n) is 31.4. The molecule has 11 heteroatoms. The minimum atomic E-state index is -1.21. The number of nitrogens with one attached hydrogen (secondary N) is 4. The predicted molar refractivity (Wildman–Crippen MR) is 203 cm³/mol. The van der Waals surface area contributed by atoms with Gasteiger partial charge in [-0.15, -0.1) is 0 Å². The summed E-state index contributed by atoms with van der Waals surface area (Å²) in [6, 6.07) is 19.4. The lowest BCUT2D eigenvalue weighted by Crippen LogP contribution is -2.57. The van der Waals surface area contributed by atoms with Crippen LogP contribution in [0.15, 0.2) is 72.8 Å². The lowest BCUT2D eigenvalue weighted by molar-refractivity contribution is -0.132. The molecule has 284 valence electrons. The van der Waals surface area contributed by atoms with Crippen molar-refractivity contribution in [1.82, 2.24) is 21.3 Å². The number of carbonyl (C=O) groups is 4. The van der Waals surface area contributed by atoms with E-state index in [4.69, 9.17) is 4.74 Å². The summed E-state index contributed by atoms with van der Waals surface area (Å²) in [7, 11) is 0. The summed E-state index contributed by atoms with van der Waals surface area (Å²) >= 11 is 0. The molecule has 0 heterocycles. The predicted octanol–water partition coefficient (Wildman–Crippen LogP) is 5.01. The summed E-state index contributed by atoms with van der Waals surface area (Å²) in [4.78, 5) is 53.9. The fourth-order valence-corrected chi connectivity index (χ4v) is 6.14. The van der Waals surface area contributed by atoms with Gasteiger partial charge in [0, 0.05) is 6.42 Å². The van der Waals surface area contributed by atoms with E-state index in [1.807, 2.05) is 114 Å². The van der Waals surface area contributed by atoms with Crippen LogP contribution >= 0.6 is 0 Å². The molecule has 0 aliphatic carbocycles. The Balaban J connectivity index is 1.81. The smallest absolute Gasteiger partial charge is 0.408 e. The van der Waals surface area contributed by atoms with Crippen molar-refractivity contribution in [2.75, 3.05) is 6.61 Å². The first-order valence-electron chi connectivity index (χ1n) is 18.4. The van der Waals surface area contributed by atoms with E-state index in [1.165, 1.54) is 0 Å². The molecule has 0 spiro atoms. The number of ether oxygens (including phenoxy) is 1. The van der Waals surface area contributed by atoms with Crippen molar-refractivity contribution in [1.29, 1.82) is 0 Å². The van der Waals surface area contributed by atoms with Gasteiger partial charge in [-0.2, -0.15) is 0 Å². The number of alkyl carbamates (subject to hydrolysis) is 1. The highest BCUT2D eigenvalue weighted by Gasteiger charge is 2.32. The van der Waals surface area contributed by atoms with E-state index in [0.29, 0.717) is 6.42 Å². The Labute approximate surface area is 308 Å². The van der Waals surface area contributed by atoms with Crippen LogP contribution < -0.4 is 21.3 Å². The molecule has 6 atom stereocenters. The maximum absolute atomic E-state index is 14.1. The van der Waals surface area contributed by atoms with Gasteiger partial charge in [0.25, 0.3) is 0 Å². The normalized spacial score (nSPS) is 14.9. The zero-order valence-corrected chi connectivity index (χ0v) is 31.4. The maximum Gasteiger partial charge on any atom is 0.408 e. The number of hydrogen-bond acceptors (Lipinski definition) is 7. The summed E-state index contributed by atoms with van der Waals surface area (Å²) in [6.45, 7) is 11.4. The topological polar surface area (TPSA) is 166 Å². The first kappa shape index (κ1) is 41.9. The molecule has 0 saturated heterocycles. The number of fused-ring (bicyclic) bond motifs is 1. The van der Waals surface area contributed by atoms with Crippen LogP contribution in [0, 0.1) is 17.8 Å². The van der Waals surface area contributed by atoms with Crippen LogP contribution in [0.5, 0.6) is 0 Å². The number of aliphatic hydroxyl groups is 2. The molecule has 0 radical (unpaired) electrons. The highest BCUT2D eigenvalue weighted by Crippen LogP contribution is 2.21. The Morgan fingerprint density at radius 2 is 1.35 bits per heavy atom. The van der Waals surface area contributed by atoms with Crippen molar-refractivity contribution in [2.45, 2.75) is 111 Å². The second-order valence-corrected chi connectivity index (χ2v) is 14.5. The van der Waals surface area contributed by atoms with Crippen molar-refractivity contribution in [2.24, 2.45) is 17.8 Å². The summed E-state index contributed by atoms with van der Waals surface area (Å²) in [5, 5.41) is 34.2. The Bertz CT molecular complexity index is 1580. The summed E-state index contributed by atoms with van der Waals surface area (Å²) in [6.07, 6.45) is -0.684. The molecule has 0 aliphatic rings. The highest BCUT2D eigenvalue weighted by molar-refractivity contribution is 5.92. The van der Waals surface area contributed by atoms with Crippen molar-refractivity contribution in [3.8, 4) is 0 Å². The van der Waals surface area contributed by atoms with E-state index in [2.05, 4.69) is 21.3 Å². The van der Waals surface area contributed by atoms with Gasteiger partial charge >= 0.3 is 6.09 Å². The molecular weight excluding hydrogens is 660 g/mol. The molecule has 4 amide bonds. The monoisotopic (exact) mass is 718 g/mol. The van der Waals surface area contributed by atoms with Crippen LogP contribution in [0.4, 0.5) is 4.79 Å². The van der Waals surface area contributed by atoms with Crippen LogP contribution in [0.1, 0.15) is 78.4 Å². The maximum atomic E-state index is 14.1. The van der Waals surface area contributed by atoms with Gasteiger partial charge in [0.15, 0.2) is 0 Å². The molecule has 6 N–H and O–H groups in total. The number of aliphatic hydroxyl groups excluding tert-OH is 2. The second-order valence-electron chi connectivity index (χ2n) is 14.5. The van der Waals surface area contributed by atoms with E-state index in [-0.39, 0.29) is 50.2 Å². The number of hydrogen-bond donors (Lipinski definition) is 6. The minimum Gasteiger partial charge on any atom is -0.445 e. The standard InChI is InChI=1S/C41H58N4O7/c1-7-28(6)36(24-46)42-38(48)23-37(47)33(20-26(2)3)43-39(49)34(21-27(4)5)44-40(50)35(45-41(51)52-25-29-14-9-8-10-15-29)22-31-18-13-17-30-16-11-12-19-32(30)31/h8-19,26-28,33-37,46-47H,7,20-25H2,1-6H3,(H,42,48)(H,43,49)(H,44,50)(H,45,51)/t28?,33?,34-,35-,36+,37?/m0/s1. The highest BCUT2D eigenvalue weighted by atomic mass is 16.5. The molecule has 11 nitrogen and oxygen atoms in total. The number of benzene rings is 3. The van der Waals surface area contributed by atoms with Crippen LogP contribution in [-0.4, -0.2) is 70.9 Å². The van der Waals surface area contributed by atoms with Crippen molar-refractivity contribution < 1.29 is 34.1 Å². The van der Waals surface area contributed by atoms with Gasteiger partial charge < -0.3 is 36.2 Å². The minimum absolute atomic E-state index is 0.00610. The van der Waals surface area contributed by atoms with Gasteiger partial charge in [0.05, 0.1) is 31.2 Å². The van der Waals surface area contributed by atoms with Gasteiger partial charge in [0.2, 0.25) is 17.7 Å². The molecule has 0 saturated carbocycles.